The summed E-state index contributed by atoms with van der Waals surface area (Å²) in [6.45, 7) is 1.81. The standard InChI is InChI=1S/C13H12ClN3O3S/c1-9-5-11(16-20-9)8-17(2)21(18,19)12-4-3-10(7-15)13(14)6-12/h3-6H,8H2,1-2H3. The van der Waals surface area contributed by atoms with Gasteiger partial charge in [0.1, 0.15) is 11.8 Å². The summed E-state index contributed by atoms with van der Waals surface area (Å²) in [5, 5.41) is 12.7. The summed E-state index contributed by atoms with van der Waals surface area (Å²) in [4.78, 5) is 0.0224. The van der Waals surface area contributed by atoms with E-state index >= 15 is 0 Å². The van der Waals surface area contributed by atoms with Gasteiger partial charge in [-0.1, -0.05) is 16.8 Å². The summed E-state index contributed by atoms with van der Waals surface area (Å²) in [6.07, 6.45) is 0. The van der Waals surface area contributed by atoms with Crippen LogP contribution in [0.4, 0.5) is 0 Å². The zero-order valence-electron chi connectivity index (χ0n) is 11.4. The highest BCUT2D eigenvalue weighted by atomic mass is 35.5. The van der Waals surface area contributed by atoms with Crippen molar-refractivity contribution in [1.29, 1.82) is 5.26 Å². The van der Waals surface area contributed by atoms with E-state index in [0.717, 1.165) is 4.31 Å². The van der Waals surface area contributed by atoms with Gasteiger partial charge in [0.25, 0.3) is 0 Å². The van der Waals surface area contributed by atoms with Crippen molar-refractivity contribution in [2.75, 3.05) is 7.05 Å². The molecule has 21 heavy (non-hydrogen) atoms. The molecule has 2 aromatic rings. The van der Waals surface area contributed by atoms with Crippen LogP contribution in [-0.2, 0) is 16.6 Å². The second-order valence-corrected chi connectivity index (χ2v) is 6.90. The number of halogens is 1. The van der Waals surface area contributed by atoms with Gasteiger partial charge < -0.3 is 4.52 Å². The minimum atomic E-state index is -3.72. The fourth-order valence-electron chi connectivity index (χ4n) is 1.73. The van der Waals surface area contributed by atoms with E-state index in [0.29, 0.717) is 11.5 Å². The van der Waals surface area contributed by atoms with Crippen molar-refractivity contribution in [3.63, 3.8) is 0 Å². The molecule has 0 spiro atoms. The van der Waals surface area contributed by atoms with Crippen LogP contribution in [0.15, 0.2) is 33.7 Å². The third-order valence-corrected chi connectivity index (χ3v) is 4.94. The second kappa shape index (κ2) is 5.85. The lowest BCUT2D eigenvalue weighted by atomic mass is 10.2. The molecule has 0 bridgehead atoms. The molecule has 110 valence electrons. The Kier molecular flexibility index (Phi) is 4.32. The predicted molar refractivity (Wildman–Crippen MR) is 76.1 cm³/mol. The number of nitriles is 1. The number of aryl methyl sites for hydroxylation is 1. The van der Waals surface area contributed by atoms with E-state index < -0.39 is 10.0 Å². The summed E-state index contributed by atoms with van der Waals surface area (Å²) >= 11 is 5.87. The van der Waals surface area contributed by atoms with Crippen LogP contribution in [0.3, 0.4) is 0 Å². The Morgan fingerprint density at radius 3 is 2.67 bits per heavy atom. The van der Waals surface area contributed by atoms with Crippen LogP contribution < -0.4 is 0 Å². The average Bonchev–Trinajstić information content (AvgIpc) is 2.83. The highest BCUT2D eigenvalue weighted by molar-refractivity contribution is 7.89. The van der Waals surface area contributed by atoms with Gasteiger partial charge in [0, 0.05) is 13.1 Å². The van der Waals surface area contributed by atoms with Gasteiger partial charge in [0.05, 0.1) is 27.7 Å². The molecule has 1 aromatic carbocycles. The maximum atomic E-state index is 12.4. The molecule has 0 atom stereocenters. The third-order valence-electron chi connectivity index (χ3n) is 2.83. The number of hydrogen-bond acceptors (Lipinski definition) is 5. The van der Waals surface area contributed by atoms with Crippen LogP contribution >= 0.6 is 11.6 Å². The van der Waals surface area contributed by atoms with Crippen molar-refractivity contribution in [3.05, 3.63) is 46.3 Å². The SMILES string of the molecule is Cc1cc(CN(C)S(=O)(=O)c2ccc(C#N)c(Cl)c2)no1. The molecule has 0 radical (unpaired) electrons. The molecule has 0 amide bonds. The number of hydrogen-bond donors (Lipinski definition) is 0. The molecule has 0 unspecified atom stereocenters. The molecule has 0 saturated carbocycles. The first-order valence-electron chi connectivity index (χ1n) is 5.93. The minimum absolute atomic E-state index is 0.0224. The molecule has 0 fully saturated rings. The zero-order valence-corrected chi connectivity index (χ0v) is 12.9. The van der Waals surface area contributed by atoms with Crippen molar-refractivity contribution in [3.8, 4) is 6.07 Å². The van der Waals surface area contributed by atoms with Crippen LogP contribution in [0.2, 0.25) is 5.02 Å². The van der Waals surface area contributed by atoms with Crippen LogP contribution in [0, 0.1) is 18.3 Å². The largest absolute Gasteiger partial charge is 0.361 e. The Hall–Kier alpha value is -1.88. The molecule has 2 rings (SSSR count). The quantitative estimate of drug-likeness (QED) is 0.861. The van der Waals surface area contributed by atoms with Crippen molar-refractivity contribution in [2.45, 2.75) is 18.4 Å². The lowest BCUT2D eigenvalue weighted by Crippen LogP contribution is -2.26. The minimum Gasteiger partial charge on any atom is -0.361 e. The number of nitrogens with zero attached hydrogens (tertiary/aromatic N) is 3. The first-order chi connectivity index (χ1) is 9.84. The number of benzene rings is 1. The summed E-state index contributed by atoms with van der Waals surface area (Å²) in [5.41, 5.74) is 0.740. The van der Waals surface area contributed by atoms with Crippen LogP contribution in [-0.4, -0.2) is 24.9 Å². The normalized spacial score (nSPS) is 11.6. The Morgan fingerprint density at radius 2 is 2.14 bits per heavy atom. The van der Waals surface area contributed by atoms with Crippen LogP contribution in [0.1, 0.15) is 17.0 Å². The first-order valence-corrected chi connectivity index (χ1v) is 7.74. The third kappa shape index (κ3) is 3.24. The van der Waals surface area contributed by atoms with Crippen LogP contribution in [0.25, 0.3) is 0 Å². The molecule has 6 nitrogen and oxygen atoms in total. The van der Waals surface area contributed by atoms with E-state index in [1.807, 2.05) is 6.07 Å². The van der Waals surface area contributed by atoms with E-state index in [9.17, 15) is 8.42 Å². The zero-order chi connectivity index (χ0) is 15.6. The summed E-state index contributed by atoms with van der Waals surface area (Å²) in [6, 6.07) is 7.54. The summed E-state index contributed by atoms with van der Waals surface area (Å²) in [7, 11) is -2.28. The first kappa shape index (κ1) is 15.5. The molecule has 1 heterocycles. The number of rotatable bonds is 4. The molecule has 0 aliphatic rings. The lowest BCUT2D eigenvalue weighted by Gasteiger charge is -2.16. The van der Waals surface area contributed by atoms with Gasteiger partial charge in [-0.2, -0.15) is 9.57 Å². The van der Waals surface area contributed by atoms with Crippen molar-refractivity contribution < 1.29 is 12.9 Å². The predicted octanol–water partition coefficient (Wildman–Crippen LogP) is 2.33. The van der Waals surface area contributed by atoms with Gasteiger partial charge in [-0.05, 0) is 25.1 Å². The van der Waals surface area contributed by atoms with E-state index in [2.05, 4.69) is 5.16 Å². The monoisotopic (exact) mass is 325 g/mol. The van der Waals surface area contributed by atoms with E-state index in [1.54, 1.807) is 13.0 Å². The number of sulfonamides is 1. The van der Waals surface area contributed by atoms with Crippen molar-refractivity contribution in [1.82, 2.24) is 9.46 Å². The van der Waals surface area contributed by atoms with E-state index in [4.69, 9.17) is 21.4 Å². The summed E-state index contributed by atoms with van der Waals surface area (Å²) < 4.78 is 30.9. The van der Waals surface area contributed by atoms with Gasteiger partial charge >= 0.3 is 0 Å². The maximum absolute atomic E-state index is 12.4. The van der Waals surface area contributed by atoms with Crippen LogP contribution in [0.5, 0.6) is 0 Å². The van der Waals surface area contributed by atoms with Crippen molar-refractivity contribution >= 4 is 21.6 Å². The van der Waals surface area contributed by atoms with Crippen molar-refractivity contribution in [2.24, 2.45) is 0 Å². The molecule has 0 aliphatic heterocycles. The van der Waals surface area contributed by atoms with Gasteiger partial charge in [0.2, 0.25) is 10.0 Å². The Balaban J connectivity index is 2.29. The molecule has 0 aliphatic carbocycles. The van der Waals surface area contributed by atoms with Gasteiger partial charge in [-0.15, -0.1) is 0 Å². The van der Waals surface area contributed by atoms with Gasteiger partial charge in [-0.3, -0.25) is 0 Å². The molecule has 0 N–H and O–H groups in total. The fraction of sp³-hybridized carbons (Fsp3) is 0.231. The summed E-state index contributed by atoms with van der Waals surface area (Å²) in [5.74, 6) is 0.609. The average molecular weight is 326 g/mol. The Morgan fingerprint density at radius 1 is 1.43 bits per heavy atom. The van der Waals surface area contributed by atoms with Gasteiger partial charge in [0.15, 0.2) is 0 Å². The Labute approximate surface area is 127 Å². The maximum Gasteiger partial charge on any atom is 0.243 e. The molecular weight excluding hydrogens is 314 g/mol. The molecular formula is C13H12ClN3O3S. The number of aromatic nitrogens is 1. The molecule has 8 heteroatoms. The van der Waals surface area contributed by atoms with E-state index in [1.165, 1.54) is 25.2 Å². The molecule has 0 saturated heterocycles. The van der Waals surface area contributed by atoms with E-state index in [-0.39, 0.29) is 22.0 Å². The lowest BCUT2D eigenvalue weighted by molar-refractivity contribution is 0.378. The van der Waals surface area contributed by atoms with Gasteiger partial charge in [-0.25, -0.2) is 8.42 Å². The highest BCUT2D eigenvalue weighted by Crippen LogP contribution is 2.23. The Bertz CT molecular complexity index is 808. The highest BCUT2D eigenvalue weighted by Gasteiger charge is 2.22. The second-order valence-electron chi connectivity index (χ2n) is 4.44. The smallest absolute Gasteiger partial charge is 0.243 e. The topological polar surface area (TPSA) is 87.2 Å². The molecule has 1 aromatic heterocycles. The fourth-order valence-corrected chi connectivity index (χ4v) is 3.19.